The molecule has 1 aromatic heterocycles. The second-order valence-electron chi connectivity index (χ2n) is 7.15. The van der Waals surface area contributed by atoms with Crippen molar-refractivity contribution in [3.63, 3.8) is 0 Å². The standard InChI is InChI=1S/C22H18BrFN2O6S/c1-11-14-9-20(24)25-10-15(14)12-4-5-18(30-2)17(7-12)26-33(28,29)19-8-13(22(27)32-11)6-16(23)21(19)31-3/h4-11,26H,1-3H3. The maximum Gasteiger partial charge on any atom is 0.338 e. The monoisotopic (exact) mass is 536 g/mol. The molecule has 4 bridgehead atoms. The number of esters is 1. The minimum absolute atomic E-state index is 0.00616. The lowest BCUT2D eigenvalue weighted by molar-refractivity contribution is 0.0337. The molecule has 33 heavy (non-hydrogen) atoms. The summed E-state index contributed by atoms with van der Waals surface area (Å²) in [5.41, 5.74) is 1.43. The molecule has 1 aliphatic heterocycles. The van der Waals surface area contributed by atoms with E-state index in [1.165, 1.54) is 38.6 Å². The van der Waals surface area contributed by atoms with Crippen LogP contribution in [0.25, 0.3) is 11.1 Å². The number of fused-ring (bicyclic) bond motifs is 6. The molecule has 1 atom stereocenters. The Morgan fingerprint density at radius 2 is 1.88 bits per heavy atom. The lowest BCUT2D eigenvalue weighted by atomic mass is 9.98. The van der Waals surface area contributed by atoms with E-state index in [-0.39, 0.29) is 32.1 Å². The second-order valence-corrected chi connectivity index (χ2v) is 9.66. The summed E-state index contributed by atoms with van der Waals surface area (Å²) in [7, 11) is -1.53. The number of hydrogen-bond donors (Lipinski definition) is 1. The van der Waals surface area contributed by atoms with Crippen molar-refractivity contribution < 1.29 is 31.8 Å². The highest BCUT2D eigenvalue weighted by Gasteiger charge is 2.28. The molecule has 0 radical (unpaired) electrons. The number of benzene rings is 2. The zero-order chi connectivity index (χ0) is 23.9. The van der Waals surface area contributed by atoms with Crippen LogP contribution in [0, 0.1) is 5.95 Å². The van der Waals surface area contributed by atoms with E-state index in [2.05, 4.69) is 25.6 Å². The number of nitrogens with one attached hydrogen (secondary N) is 1. The third kappa shape index (κ3) is 4.25. The molecule has 0 fully saturated rings. The van der Waals surface area contributed by atoms with Gasteiger partial charge in [0.15, 0.2) is 5.75 Å². The highest BCUT2D eigenvalue weighted by Crippen LogP contribution is 2.39. The van der Waals surface area contributed by atoms with Crippen LogP contribution in [0.3, 0.4) is 0 Å². The van der Waals surface area contributed by atoms with Gasteiger partial charge in [-0.25, -0.2) is 18.2 Å². The average molecular weight is 537 g/mol. The predicted octanol–water partition coefficient (Wildman–Crippen LogP) is 4.70. The maximum atomic E-state index is 14.0. The Hall–Kier alpha value is -3.18. The Balaban J connectivity index is 2.04. The molecule has 0 aliphatic carbocycles. The molecule has 0 amide bonds. The van der Waals surface area contributed by atoms with Crippen molar-refractivity contribution in [1.29, 1.82) is 0 Å². The largest absolute Gasteiger partial charge is 0.495 e. The van der Waals surface area contributed by atoms with Gasteiger partial charge in [0, 0.05) is 23.4 Å². The van der Waals surface area contributed by atoms with Gasteiger partial charge in [-0.15, -0.1) is 0 Å². The number of rotatable bonds is 2. The first-order valence-electron chi connectivity index (χ1n) is 9.59. The number of carbonyl (C=O) groups is 1. The van der Waals surface area contributed by atoms with E-state index in [4.69, 9.17) is 14.2 Å². The van der Waals surface area contributed by atoms with Crippen molar-refractivity contribution in [3.8, 4) is 22.6 Å². The molecule has 1 unspecified atom stereocenters. The van der Waals surface area contributed by atoms with E-state index in [9.17, 15) is 17.6 Å². The number of pyridine rings is 1. The van der Waals surface area contributed by atoms with Crippen LogP contribution < -0.4 is 14.2 Å². The number of methoxy groups -OCH3 is 2. The van der Waals surface area contributed by atoms with E-state index >= 15 is 0 Å². The molecule has 1 N–H and O–H groups in total. The Morgan fingerprint density at radius 3 is 2.58 bits per heavy atom. The molecule has 3 aromatic rings. The molecule has 0 spiro atoms. The van der Waals surface area contributed by atoms with Crippen molar-refractivity contribution in [3.05, 3.63) is 64.1 Å². The molecule has 1 aliphatic rings. The van der Waals surface area contributed by atoms with Crippen LogP contribution in [0.5, 0.6) is 11.5 Å². The van der Waals surface area contributed by atoms with Crippen molar-refractivity contribution in [1.82, 2.24) is 4.98 Å². The molecule has 2 heterocycles. The molecule has 2 aromatic carbocycles. The van der Waals surface area contributed by atoms with E-state index in [1.807, 2.05) is 0 Å². The summed E-state index contributed by atoms with van der Waals surface area (Å²) in [6.07, 6.45) is 0.430. The first kappa shape index (κ1) is 23.0. The average Bonchev–Trinajstić information content (AvgIpc) is 2.77. The Kier molecular flexibility index (Phi) is 6.02. The third-order valence-corrected chi connectivity index (χ3v) is 7.08. The maximum absolute atomic E-state index is 14.0. The lowest BCUT2D eigenvalue weighted by Crippen LogP contribution is -2.16. The van der Waals surface area contributed by atoms with Gasteiger partial charge in [-0.1, -0.05) is 6.07 Å². The molecular formula is C22H18BrFN2O6S. The Labute approximate surface area is 197 Å². The fourth-order valence-electron chi connectivity index (χ4n) is 3.55. The highest BCUT2D eigenvalue weighted by molar-refractivity contribution is 9.10. The van der Waals surface area contributed by atoms with E-state index < -0.39 is 28.0 Å². The van der Waals surface area contributed by atoms with Crippen molar-refractivity contribution >= 4 is 37.6 Å². The van der Waals surface area contributed by atoms with E-state index in [0.29, 0.717) is 16.7 Å². The molecule has 8 nitrogen and oxygen atoms in total. The van der Waals surface area contributed by atoms with Crippen LogP contribution >= 0.6 is 15.9 Å². The minimum atomic E-state index is -4.25. The Bertz CT molecular complexity index is 1380. The zero-order valence-corrected chi connectivity index (χ0v) is 20.1. The van der Waals surface area contributed by atoms with Crippen molar-refractivity contribution in [2.45, 2.75) is 17.9 Å². The van der Waals surface area contributed by atoms with Gasteiger partial charge in [0.2, 0.25) is 5.95 Å². The molecule has 0 saturated carbocycles. The van der Waals surface area contributed by atoms with Gasteiger partial charge in [0.05, 0.1) is 29.9 Å². The van der Waals surface area contributed by atoms with Gasteiger partial charge < -0.3 is 14.2 Å². The molecule has 4 rings (SSSR count). The van der Waals surface area contributed by atoms with Gasteiger partial charge in [0.25, 0.3) is 10.0 Å². The van der Waals surface area contributed by atoms with Crippen LogP contribution in [-0.2, 0) is 14.8 Å². The number of nitrogens with zero attached hydrogens (tertiary/aromatic N) is 1. The fraction of sp³-hybridized carbons (Fsp3) is 0.182. The molecule has 11 heteroatoms. The topological polar surface area (TPSA) is 104 Å². The first-order valence-corrected chi connectivity index (χ1v) is 11.9. The normalized spacial score (nSPS) is 16.8. The number of carbonyl (C=O) groups excluding carboxylic acids is 1. The van der Waals surface area contributed by atoms with Crippen LogP contribution in [0.2, 0.25) is 0 Å². The molecular weight excluding hydrogens is 519 g/mol. The number of hydrogen-bond acceptors (Lipinski definition) is 7. The van der Waals surface area contributed by atoms with Gasteiger partial charge in [0.1, 0.15) is 16.7 Å². The Morgan fingerprint density at radius 1 is 1.12 bits per heavy atom. The quantitative estimate of drug-likeness (QED) is 0.374. The first-order chi connectivity index (χ1) is 15.6. The summed E-state index contributed by atoms with van der Waals surface area (Å²) in [4.78, 5) is 16.3. The number of anilines is 1. The zero-order valence-electron chi connectivity index (χ0n) is 17.7. The SMILES string of the molecule is COc1ccc2cc1NS(=O)(=O)c1cc(cc(Br)c1OC)C(=O)OC(C)c1cc(F)ncc1-2. The van der Waals surface area contributed by atoms with Crippen LogP contribution in [0.4, 0.5) is 10.1 Å². The third-order valence-electron chi connectivity index (χ3n) is 5.12. The van der Waals surface area contributed by atoms with Crippen molar-refractivity contribution in [2.24, 2.45) is 0 Å². The smallest absolute Gasteiger partial charge is 0.338 e. The van der Waals surface area contributed by atoms with Gasteiger partial charge >= 0.3 is 5.97 Å². The number of ether oxygens (including phenoxy) is 3. The molecule has 172 valence electrons. The molecule has 0 saturated heterocycles. The number of aromatic nitrogens is 1. The summed E-state index contributed by atoms with van der Waals surface area (Å²) in [5.74, 6) is -1.28. The number of sulfonamides is 1. The van der Waals surface area contributed by atoms with Gasteiger partial charge in [-0.3, -0.25) is 4.72 Å². The summed E-state index contributed by atoms with van der Waals surface area (Å²) in [5, 5.41) is 0. The minimum Gasteiger partial charge on any atom is -0.495 e. The van der Waals surface area contributed by atoms with Gasteiger partial charge in [-0.2, -0.15) is 4.39 Å². The van der Waals surface area contributed by atoms with Crippen LogP contribution in [0.15, 0.2) is 52.0 Å². The lowest BCUT2D eigenvalue weighted by Gasteiger charge is -2.18. The number of cyclic esters (lactones) is 1. The summed E-state index contributed by atoms with van der Waals surface area (Å²) in [6, 6.07) is 8.49. The second kappa shape index (κ2) is 8.64. The van der Waals surface area contributed by atoms with Crippen LogP contribution in [0.1, 0.15) is 28.9 Å². The summed E-state index contributed by atoms with van der Waals surface area (Å²) < 4.78 is 59.6. The van der Waals surface area contributed by atoms with Crippen molar-refractivity contribution in [2.75, 3.05) is 18.9 Å². The fourth-order valence-corrected chi connectivity index (χ4v) is 5.58. The summed E-state index contributed by atoms with van der Waals surface area (Å²) >= 11 is 3.25. The van der Waals surface area contributed by atoms with E-state index in [1.54, 1.807) is 19.1 Å². The summed E-state index contributed by atoms with van der Waals surface area (Å²) in [6.45, 7) is 1.59. The highest BCUT2D eigenvalue weighted by atomic mass is 79.9. The predicted molar refractivity (Wildman–Crippen MR) is 122 cm³/mol. The van der Waals surface area contributed by atoms with Crippen LogP contribution in [-0.4, -0.2) is 33.6 Å². The van der Waals surface area contributed by atoms with Gasteiger partial charge in [-0.05, 0) is 52.7 Å². The van der Waals surface area contributed by atoms with E-state index in [0.717, 1.165) is 6.07 Å². The number of halogens is 2.